The number of ether oxygens (including phenoxy) is 3. The maximum Gasteiger partial charge on any atom is 0.342 e. The third kappa shape index (κ3) is 4.92. The maximum atomic E-state index is 12.5. The van der Waals surface area contributed by atoms with Crippen LogP contribution in [-0.2, 0) is 9.53 Å². The summed E-state index contributed by atoms with van der Waals surface area (Å²) in [7, 11) is 2.93. The fourth-order valence-corrected chi connectivity index (χ4v) is 3.42. The van der Waals surface area contributed by atoms with E-state index in [4.69, 9.17) is 25.8 Å². The first-order chi connectivity index (χ1) is 14.0. The third-order valence-corrected chi connectivity index (χ3v) is 4.99. The molecule has 0 saturated carbocycles. The minimum absolute atomic E-state index is 0.213. The van der Waals surface area contributed by atoms with E-state index in [1.807, 2.05) is 24.3 Å². The fraction of sp³-hybridized carbons (Fsp3) is 0.333. The number of hydrogen-bond donors (Lipinski definition) is 0. The highest BCUT2D eigenvalue weighted by Crippen LogP contribution is 2.31. The maximum absolute atomic E-state index is 12.5. The number of esters is 1. The first-order valence-corrected chi connectivity index (χ1v) is 9.57. The predicted octanol–water partition coefficient (Wildman–Crippen LogP) is 2.86. The molecule has 2 aromatic rings. The van der Waals surface area contributed by atoms with Gasteiger partial charge in [-0.1, -0.05) is 23.7 Å². The van der Waals surface area contributed by atoms with Crippen molar-refractivity contribution in [1.82, 2.24) is 4.90 Å². The van der Waals surface area contributed by atoms with Gasteiger partial charge in [-0.15, -0.1) is 0 Å². The summed E-state index contributed by atoms with van der Waals surface area (Å²) >= 11 is 6.05. The monoisotopic (exact) mass is 418 g/mol. The van der Waals surface area contributed by atoms with Gasteiger partial charge in [0, 0.05) is 36.9 Å². The van der Waals surface area contributed by atoms with Gasteiger partial charge in [-0.05, 0) is 30.3 Å². The van der Waals surface area contributed by atoms with E-state index in [1.165, 1.54) is 14.2 Å². The lowest BCUT2D eigenvalue weighted by Gasteiger charge is -2.36. The van der Waals surface area contributed by atoms with Crippen molar-refractivity contribution in [2.45, 2.75) is 0 Å². The van der Waals surface area contributed by atoms with Crippen LogP contribution in [0.4, 0.5) is 5.69 Å². The first kappa shape index (κ1) is 20.8. The Morgan fingerprint density at radius 1 is 1.00 bits per heavy atom. The molecule has 0 N–H and O–H groups in total. The Kier molecular flexibility index (Phi) is 6.82. The first-order valence-electron chi connectivity index (χ1n) is 9.20. The number of amides is 1. The Morgan fingerprint density at radius 2 is 1.72 bits per heavy atom. The summed E-state index contributed by atoms with van der Waals surface area (Å²) in [6.07, 6.45) is 0. The number of para-hydroxylation sites is 1. The van der Waals surface area contributed by atoms with Crippen molar-refractivity contribution in [2.75, 3.05) is 51.9 Å². The zero-order chi connectivity index (χ0) is 20.8. The summed E-state index contributed by atoms with van der Waals surface area (Å²) in [5, 5.41) is 0.681. The van der Waals surface area contributed by atoms with E-state index in [0.717, 1.165) is 5.69 Å². The summed E-state index contributed by atoms with van der Waals surface area (Å²) in [5.41, 5.74) is 1.24. The number of piperazine rings is 1. The second-order valence-corrected chi connectivity index (χ2v) is 6.90. The van der Waals surface area contributed by atoms with Gasteiger partial charge in [-0.3, -0.25) is 4.79 Å². The molecule has 0 bridgehead atoms. The molecule has 154 valence electrons. The number of anilines is 1. The standard InChI is InChI=1S/C21H23ClN2O5/c1-27-18-8-4-7-17(20(18)28-2)21(26)29-14-19(25)24-11-9-23(10-12-24)16-6-3-5-15(22)13-16/h3-8,13H,9-12,14H2,1-2H3. The van der Waals surface area contributed by atoms with Crippen molar-refractivity contribution in [3.63, 3.8) is 0 Å². The SMILES string of the molecule is COc1cccc(C(=O)OCC(=O)N2CCN(c3cccc(Cl)c3)CC2)c1OC. The highest BCUT2D eigenvalue weighted by molar-refractivity contribution is 6.30. The van der Waals surface area contributed by atoms with Gasteiger partial charge in [-0.25, -0.2) is 4.79 Å². The van der Waals surface area contributed by atoms with E-state index in [0.29, 0.717) is 37.0 Å². The normalized spacial score (nSPS) is 13.8. The summed E-state index contributed by atoms with van der Waals surface area (Å²) < 4.78 is 15.6. The molecule has 2 aromatic carbocycles. The minimum Gasteiger partial charge on any atom is -0.493 e. The number of carbonyl (C=O) groups is 2. The average molecular weight is 419 g/mol. The molecule has 3 rings (SSSR count). The Bertz CT molecular complexity index is 881. The molecular weight excluding hydrogens is 396 g/mol. The quantitative estimate of drug-likeness (QED) is 0.672. The smallest absolute Gasteiger partial charge is 0.342 e. The molecule has 8 heteroatoms. The van der Waals surface area contributed by atoms with Crippen molar-refractivity contribution >= 4 is 29.2 Å². The van der Waals surface area contributed by atoms with Crippen LogP contribution in [0.1, 0.15) is 10.4 Å². The summed E-state index contributed by atoms with van der Waals surface area (Å²) in [4.78, 5) is 28.7. The van der Waals surface area contributed by atoms with Crippen LogP contribution in [0, 0.1) is 0 Å². The molecule has 1 aliphatic heterocycles. The fourth-order valence-electron chi connectivity index (χ4n) is 3.23. The van der Waals surface area contributed by atoms with Crippen molar-refractivity contribution in [1.29, 1.82) is 0 Å². The number of nitrogens with zero attached hydrogens (tertiary/aromatic N) is 2. The van der Waals surface area contributed by atoms with Gasteiger partial charge in [0.1, 0.15) is 5.56 Å². The average Bonchev–Trinajstić information content (AvgIpc) is 2.76. The lowest BCUT2D eigenvalue weighted by molar-refractivity contribution is -0.134. The van der Waals surface area contributed by atoms with Gasteiger partial charge in [0.25, 0.3) is 5.91 Å². The van der Waals surface area contributed by atoms with Gasteiger partial charge in [0.15, 0.2) is 18.1 Å². The molecule has 0 aliphatic carbocycles. The van der Waals surface area contributed by atoms with Gasteiger partial charge in [-0.2, -0.15) is 0 Å². The van der Waals surface area contributed by atoms with Crippen LogP contribution in [0.25, 0.3) is 0 Å². The van der Waals surface area contributed by atoms with E-state index in [2.05, 4.69) is 4.90 Å². The van der Waals surface area contributed by atoms with Gasteiger partial charge in [0.2, 0.25) is 0 Å². The molecule has 0 radical (unpaired) electrons. The molecule has 1 aliphatic rings. The summed E-state index contributed by atoms with van der Waals surface area (Å²) in [6.45, 7) is 2.14. The number of halogens is 1. The number of carbonyl (C=O) groups excluding carboxylic acids is 2. The predicted molar refractivity (Wildman–Crippen MR) is 110 cm³/mol. The van der Waals surface area contributed by atoms with Crippen molar-refractivity contribution < 1.29 is 23.8 Å². The number of rotatable bonds is 6. The van der Waals surface area contributed by atoms with Crippen molar-refractivity contribution in [3.8, 4) is 11.5 Å². The van der Waals surface area contributed by atoms with Crippen LogP contribution in [-0.4, -0.2) is 63.8 Å². The van der Waals surface area contributed by atoms with E-state index >= 15 is 0 Å². The van der Waals surface area contributed by atoms with E-state index in [9.17, 15) is 9.59 Å². The molecule has 0 aromatic heterocycles. The molecule has 0 atom stereocenters. The molecule has 0 unspecified atom stereocenters. The highest BCUT2D eigenvalue weighted by atomic mass is 35.5. The molecule has 1 saturated heterocycles. The zero-order valence-electron chi connectivity index (χ0n) is 16.4. The molecule has 1 amide bonds. The van der Waals surface area contributed by atoms with Gasteiger partial charge in [0.05, 0.1) is 14.2 Å². The van der Waals surface area contributed by atoms with Crippen LogP contribution in [0.15, 0.2) is 42.5 Å². The Labute approximate surface area is 174 Å². The van der Waals surface area contributed by atoms with E-state index in [-0.39, 0.29) is 23.8 Å². The van der Waals surface area contributed by atoms with Crippen molar-refractivity contribution in [2.24, 2.45) is 0 Å². The largest absolute Gasteiger partial charge is 0.493 e. The Morgan fingerprint density at radius 3 is 2.38 bits per heavy atom. The topological polar surface area (TPSA) is 68.3 Å². The molecule has 7 nitrogen and oxygen atoms in total. The lowest BCUT2D eigenvalue weighted by atomic mass is 10.2. The molecule has 1 fully saturated rings. The zero-order valence-corrected chi connectivity index (χ0v) is 17.1. The van der Waals surface area contributed by atoms with Gasteiger partial charge >= 0.3 is 5.97 Å². The van der Waals surface area contributed by atoms with Crippen LogP contribution in [0.2, 0.25) is 5.02 Å². The van der Waals surface area contributed by atoms with Crippen LogP contribution < -0.4 is 14.4 Å². The Hall–Kier alpha value is -2.93. The van der Waals surface area contributed by atoms with Gasteiger partial charge < -0.3 is 24.0 Å². The van der Waals surface area contributed by atoms with E-state index < -0.39 is 5.97 Å². The van der Waals surface area contributed by atoms with Crippen LogP contribution >= 0.6 is 11.6 Å². The third-order valence-electron chi connectivity index (χ3n) is 4.76. The Balaban J connectivity index is 1.53. The molecular formula is C21H23ClN2O5. The van der Waals surface area contributed by atoms with Crippen LogP contribution in [0.3, 0.4) is 0 Å². The number of benzene rings is 2. The second-order valence-electron chi connectivity index (χ2n) is 6.46. The van der Waals surface area contributed by atoms with E-state index in [1.54, 1.807) is 23.1 Å². The lowest BCUT2D eigenvalue weighted by Crippen LogP contribution is -2.49. The highest BCUT2D eigenvalue weighted by Gasteiger charge is 2.24. The molecule has 1 heterocycles. The van der Waals surface area contributed by atoms with Crippen LogP contribution in [0.5, 0.6) is 11.5 Å². The number of hydrogen-bond acceptors (Lipinski definition) is 6. The second kappa shape index (κ2) is 9.52. The summed E-state index contributed by atoms with van der Waals surface area (Å²) in [6, 6.07) is 12.5. The number of methoxy groups -OCH3 is 2. The van der Waals surface area contributed by atoms with Crippen molar-refractivity contribution in [3.05, 3.63) is 53.1 Å². The minimum atomic E-state index is -0.633. The summed E-state index contributed by atoms with van der Waals surface area (Å²) in [5.74, 6) is -0.161. The molecule has 29 heavy (non-hydrogen) atoms. The molecule has 0 spiro atoms.